The molecule has 1 aromatic carbocycles. The molecule has 0 fully saturated rings. The number of amides is 3. The molecule has 0 spiro atoms. The van der Waals surface area contributed by atoms with Gasteiger partial charge in [-0.1, -0.05) is 53.7 Å². The predicted octanol–water partition coefficient (Wildman–Crippen LogP) is 2.53. The maximum atomic E-state index is 12.0. The largest absolute Gasteiger partial charge is 0.369 e. The van der Waals surface area contributed by atoms with E-state index in [2.05, 4.69) is 36.7 Å². The lowest BCUT2D eigenvalue weighted by Gasteiger charge is -2.18. The van der Waals surface area contributed by atoms with E-state index in [0.717, 1.165) is 12.1 Å². The Bertz CT molecular complexity index is 751. The van der Waals surface area contributed by atoms with Crippen LogP contribution >= 0.6 is 0 Å². The average molecular weight is 450 g/mol. The maximum absolute atomic E-state index is 12.0. The highest BCUT2D eigenvalue weighted by Gasteiger charge is 2.20. The van der Waals surface area contributed by atoms with E-state index >= 15 is 0 Å². The molecule has 0 aliphatic carbocycles. The second-order valence-corrected chi connectivity index (χ2v) is 9.95. The van der Waals surface area contributed by atoms with E-state index in [-0.39, 0.29) is 49.6 Å². The SMILES string of the molecule is CC(C)(C)Cc1cccc(NC(=O)COCCOCC(=O)NCCNC(=O)C(C)(C)C)c1. The molecule has 1 aromatic rings. The van der Waals surface area contributed by atoms with Crippen LogP contribution in [0, 0.1) is 10.8 Å². The van der Waals surface area contributed by atoms with E-state index in [0.29, 0.717) is 13.1 Å². The standard InChI is InChI=1S/C24H39N3O5/c1-23(2,3)15-18-8-7-9-19(14-18)27-21(29)17-32-13-12-31-16-20(28)25-10-11-26-22(30)24(4,5)6/h7-9,14H,10-13,15-17H2,1-6H3,(H,25,28)(H,26,30)(H,27,29). The lowest BCUT2D eigenvalue weighted by atomic mass is 9.88. The highest BCUT2D eigenvalue weighted by Crippen LogP contribution is 2.22. The fourth-order valence-electron chi connectivity index (χ4n) is 2.71. The highest BCUT2D eigenvalue weighted by atomic mass is 16.5. The molecule has 0 atom stereocenters. The molecule has 8 nitrogen and oxygen atoms in total. The van der Waals surface area contributed by atoms with Gasteiger partial charge in [-0.2, -0.15) is 0 Å². The summed E-state index contributed by atoms with van der Waals surface area (Å²) in [7, 11) is 0. The Morgan fingerprint density at radius 1 is 0.844 bits per heavy atom. The Morgan fingerprint density at radius 3 is 2.03 bits per heavy atom. The van der Waals surface area contributed by atoms with Crippen molar-refractivity contribution in [1.29, 1.82) is 0 Å². The van der Waals surface area contributed by atoms with Gasteiger partial charge in [0.2, 0.25) is 17.7 Å². The molecule has 0 saturated heterocycles. The van der Waals surface area contributed by atoms with Crippen LogP contribution in [0.5, 0.6) is 0 Å². The van der Waals surface area contributed by atoms with E-state index in [4.69, 9.17) is 9.47 Å². The third-order valence-electron chi connectivity index (χ3n) is 4.20. The summed E-state index contributed by atoms with van der Waals surface area (Å²) < 4.78 is 10.5. The fourth-order valence-corrected chi connectivity index (χ4v) is 2.71. The summed E-state index contributed by atoms with van der Waals surface area (Å²) in [5, 5.41) is 8.24. The molecular weight excluding hydrogens is 410 g/mol. The van der Waals surface area contributed by atoms with Gasteiger partial charge in [0.1, 0.15) is 13.2 Å². The van der Waals surface area contributed by atoms with Crippen LogP contribution in [0.25, 0.3) is 0 Å². The summed E-state index contributed by atoms with van der Waals surface area (Å²) >= 11 is 0. The van der Waals surface area contributed by atoms with Crippen LogP contribution in [-0.2, 0) is 30.3 Å². The number of carbonyl (C=O) groups excluding carboxylic acids is 3. The topological polar surface area (TPSA) is 106 Å². The van der Waals surface area contributed by atoms with Crippen molar-refractivity contribution in [3.8, 4) is 0 Å². The molecule has 0 unspecified atom stereocenters. The van der Waals surface area contributed by atoms with Crippen LogP contribution in [0.4, 0.5) is 5.69 Å². The number of hydrogen-bond donors (Lipinski definition) is 3. The molecule has 0 aromatic heterocycles. The van der Waals surface area contributed by atoms with Crippen molar-refractivity contribution in [2.24, 2.45) is 10.8 Å². The van der Waals surface area contributed by atoms with Crippen LogP contribution < -0.4 is 16.0 Å². The zero-order chi connectivity index (χ0) is 24.2. The Hall–Kier alpha value is -2.45. The van der Waals surface area contributed by atoms with Crippen LogP contribution in [0.1, 0.15) is 47.1 Å². The Morgan fingerprint density at radius 2 is 1.44 bits per heavy atom. The van der Waals surface area contributed by atoms with Crippen molar-refractivity contribution >= 4 is 23.4 Å². The Balaban J connectivity index is 2.12. The molecule has 0 aliphatic rings. The molecule has 0 saturated carbocycles. The number of rotatable bonds is 12. The molecule has 1 rings (SSSR count). The van der Waals surface area contributed by atoms with Gasteiger partial charge in [-0.15, -0.1) is 0 Å². The van der Waals surface area contributed by atoms with Crippen molar-refractivity contribution < 1.29 is 23.9 Å². The van der Waals surface area contributed by atoms with E-state index < -0.39 is 5.41 Å². The first-order chi connectivity index (χ1) is 14.9. The summed E-state index contributed by atoms with van der Waals surface area (Å²) in [6, 6.07) is 7.79. The van der Waals surface area contributed by atoms with Crippen molar-refractivity contribution in [3.63, 3.8) is 0 Å². The molecule has 0 aliphatic heterocycles. The van der Waals surface area contributed by atoms with E-state index in [1.165, 1.54) is 5.56 Å². The van der Waals surface area contributed by atoms with Crippen molar-refractivity contribution in [1.82, 2.24) is 10.6 Å². The first-order valence-electron chi connectivity index (χ1n) is 11.0. The normalized spacial score (nSPS) is 11.7. The third-order valence-corrected chi connectivity index (χ3v) is 4.20. The maximum Gasteiger partial charge on any atom is 0.250 e. The summed E-state index contributed by atoms with van der Waals surface area (Å²) in [5.41, 5.74) is 1.62. The highest BCUT2D eigenvalue weighted by molar-refractivity contribution is 5.91. The van der Waals surface area contributed by atoms with Crippen molar-refractivity contribution in [2.75, 3.05) is 44.8 Å². The predicted molar refractivity (Wildman–Crippen MR) is 125 cm³/mol. The van der Waals surface area contributed by atoms with Gasteiger partial charge in [0.05, 0.1) is 13.2 Å². The van der Waals surface area contributed by atoms with Crippen molar-refractivity contribution in [2.45, 2.75) is 48.0 Å². The fraction of sp³-hybridized carbons (Fsp3) is 0.625. The first-order valence-corrected chi connectivity index (χ1v) is 11.0. The average Bonchev–Trinajstić information content (AvgIpc) is 2.66. The van der Waals surface area contributed by atoms with Crippen LogP contribution in [0.3, 0.4) is 0 Å². The number of nitrogens with one attached hydrogen (secondary N) is 3. The molecule has 8 heteroatoms. The first kappa shape index (κ1) is 27.6. The van der Waals surface area contributed by atoms with Gasteiger partial charge >= 0.3 is 0 Å². The molecule has 180 valence electrons. The van der Waals surface area contributed by atoms with E-state index in [1.54, 1.807) is 0 Å². The zero-order valence-electron chi connectivity index (χ0n) is 20.3. The van der Waals surface area contributed by atoms with Crippen LogP contribution in [-0.4, -0.2) is 57.2 Å². The van der Waals surface area contributed by atoms with E-state index in [1.807, 2.05) is 45.0 Å². The van der Waals surface area contributed by atoms with Crippen LogP contribution in [0.2, 0.25) is 0 Å². The molecule has 32 heavy (non-hydrogen) atoms. The molecule has 0 bridgehead atoms. The second kappa shape index (κ2) is 13.2. The summed E-state index contributed by atoms with van der Waals surface area (Å²) in [6.07, 6.45) is 0.920. The van der Waals surface area contributed by atoms with Gasteiger partial charge in [0.15, 0.2) is 0 Å². The lowest BCUT2D eigenvalue weighted by Crippen LogP contribution is -2.40. The molecule has 0 radical (unpaired) electrons. The van der Waals surface area contributed by atoms with E-state index in [9.17, 15) is 14.4 Å². The molecule has 3 N–H and O–H groups in total. The Kier molecular flexibility index (Phi) is 11.4. The molecule has 0 heterocycles. The lowest BCUT2D eigenvalue weighted by molar-refractivity contribution is -0.129. The Labute approximate surface area is 191 Å². The zero-order valence-corrected chi connectivity index (χ0v) is 20.3. The minimum atomic E-state index is -0.458. The number of hydrogen-bond acceptors (Lipinski definition) is 5. The van der Waals surface area contributed by atoms with Gasteiger partial charge in [-0.25, -0.2) is 0 Å². The summed E-state index contributed by atoms with van der Waals surface area (Å²) in [4.78, 5) is 35.4. The molecular formula is C24H39N3O5. The number of benzene rings is 1. The number of carbonyl (C=O) groups is 3. The van der Waals surface area contributed by atoms with Crippen LogP contribution in [0.15, 0.2) is 24.3 Å². The molecule has 3 amide bonds. The number of anilines is 1. The van der Waals surface area contributed by atoms with Gasteiger partial charge in [0.25, 0.3) is 0 Å². The van der Waals surface area contributed by atoms with Crippen molar-refractivity contribution in [3.05, 3.63) is 29.8 Å². The van der Waals surface area contributed by atoms with Gasteiger partial charge in [-0.05, 0) is 29.5 Å². The quantitative estimate of drug-likeness (QED) is 0.425. The van der Waals surface area contributed by atoms with Gasteiger partial charge < -0.3 is 25.4 Å². The summed E-state index contributed by atoms with van der Waals surface area (Å²) in [5.74, 6) is -0.586. The number of ether oxygens (including phenoxy) is 2. The van der Waals surface area contributed by atoms with Gasteiger partial charge in [-0.3, -0.25) is 14.4 Å². The van der Waals surface area contributed by atoms with Gasteiger partial charge in [0, 0.05) is 24.2 Å². The second-order valence-electron chi connectivity index (χ2n) is 9.95. The minimum absolute atomic E-state index is 0.0678. The summed E-state index contributed by atoms with van der Waals surface area (Å²) in [6.45, 7) is 12.9. The monoisotopic (exact) mass is 449 g/mol. The smallest absolute Gasteiger partial charge is 0.250 e. The minimum Gasteiger partial charge on any atom is -0.369 e. The third kappa shape index (κ3) is 13.1.